The maximum Gasteiger partial charge on any atom is 0.303 e. The lowest BCUT2D eigenvalue weighted by Crippen LogP contribution is -2.45. The molecule has 0 radical (unpaired) electrons. The van der Waals surface area contributed by atoms with Gasteiger partial charge in [-0.1, -0.05) is 0 Å². The van der Waals surface area contributed by atoms with E-state index in [1.54, 1.807) is 12.1 Å². The third-order valence-electron chi connectivity index (χ3n) is 3.93. The molecule has 134 valence electrons. The molecule has 1 aromatic rings. The second kappa shape index (κ2) is 8.09. The van der Waals surface area contributed by atoms with Crippen LogP contribution in [0.15, 0.2) is 16.3 Å². The summed E-state index contributed by atoms with van der Waals surface area (Å²) in [4.78, 5) is 23.6. The van der Waals surface area contributed by atoms with Gasteiger partial charge in [0.05, 0.1) is 5.92 Å². The van der Waals surface area contributed by atoms with Crippen molar-refractivity contribution in [2.45, 2.75) is 36.8 Å². The average Bonchev–Trinajstić information content (AvgIpc) is 2.98. The summed E-state index contributed by atoms with van der Waals surface area (Å²) < 4.78 is 27.0. The number of aryl methyl sites for hydroxylation is 1. The summed E-state index contributed by atoms with van der Waals surface area (Å²) in [6.07, 6.45) is 1.64. The molecule has 1 aliphatic heterocycles. The van der Waals surface area contributed by atoms with Crippen LogP contribution < -0.4 is 5.32 Å². The van der Waals surface area contributed by atoms with Gasteiger partial charge in [-0.15, -0.1) is 11.3 Å². The van der Waals surface area contributed by atoms with Crippen LogP contribution >= 0.6 is 11.3 Å². The highest BCUT2D eigenvalue weighted by atomic mass is 32.2. The minimum Gasteiger partial charge on any atom is -0.481 e. The van der Waals surface area contributed by atoms with Crippen molar-refractivity contribution >= 4 is 33.2 Å². The normalized spacial score (nSPS) is 19.1. The molecule has 1 fully saturated rings. The maximum absolute atomic E-state index is 12.6. The molecule has 7 nitrogen and oxygen atoms in total. The Balaban J connectivity index is 1.93. The Morgan fingerprint density at radius 3 is 2.79 bits per heavy atom. The highest BCUT2D eigenvalue weighted by Crippen LogP contribution is 2.28. The summed E-state index contributed by atoms with van der Waals surface area (Å²) in [6.45, 7) is 2.73. The van der Waals surface area contributed by atoms with E-state index < -0.39 is 16.0 Å². The molecule has 1 saturated heterocycles. The molecule has 0 aliphatic carbocycles. The largest absolute Gasteiger partial charge is 0.481 e. The van der Waals surface area contributed by atoms with Gasteiger partial charge in [-0.05, 0) is 38.3 Å². The summed E-state index contributed by atoms with van der Waals surface area (Å²) in [5.74, 6) is -1.49. The smallest absolute Gasteiger partial charge is 0.303 e. The first-order chi connectivity index (χ1) is 11.3. The molecule has 1 unspecified atom stereocenters. The second-order valence-corrected chi connectivity index (χ2v) is 9.31. The lowest BCUT2D eigenvalue weighted by molar-refractivity contribution is -0.137. The molecule has 2 heterocycles. The van der Waals surface area contributed by atoms with Gasteiger partial charge in [0, 0.05) is 30.9 Å². The number of piperidine rings is 1. The van der Waals surface area contributed by atoms with E-state index in [0.717, 1.165) is 4.88 Å². The molecule has 9 heteroatoms. The van der Waals surface area contributed by atoms with Crippen molar-refractivity contribution in [3.8, 4) is 0 Å². The minimum absolute atomic E-state index is 0.00315. The number of thiophene rings is 1. The van der Waals surface area contributed by atoms with E-state index in [0.29, 0.717) is 36.6 Å². The van der Waals surface area contributed by atoms with Gasteiger partial charge in [-0.2, -0.15) is 4.31 Å². The molecule has 2 rings (SSSR count). The molecule has 0 spiro atoms. The number of amides is 1. The van der Waals surface area contributed by atoms with E-state index in [1.165, 1.54) is 15.6 Å². The standard InChI is InChI=1S/C15H22N2O5S2/c1-11-6-7-14(23-11)24(21,22)17-9-3-4-12(10-17)15(20)16-8-2-5-13(18)19/h6-7,12H,2-5,8-10H2,1H3,(H,16,20)(H,18,19). The zero-order chi connectivity index (χ0) is 17.7. The van der Waals surface area contributed by atoms with Gasteiger partial charge in [0.15, 0.2) is 0 Å². The number of aliphatic carboxylic acids is 1. The van der Waals surface area contributed by atoms with Crippen LogP contribution in [0.1, 0.15) is 30.6 Å². The fourth-order valence-corrected chi connectivity index (χ4v) is 5.61. The van der Waals surface area contributed by atoms with E-state index in [-0.39, 0.29) is 24.8 Å². The fraction of sp³-hybridized carbons (Fsp3) is 0.600. The Labute approximate surface area is 145 Å². The Kier molecular flexibility index (Phi) is 6.36. The van der Waals surface area contributed by atoms with Gasteiger partial charge in [-0.25, -0.2) is 8.42 Å². The monoisotopic (exact) mass is 374 g/mol. The van der Waals surface area contributed by atoms with Crippen LogP contribution in [0, 0.1) is 12.8 Å². The molecule has 24 heavy (non-hydrogen) atoms. The first kappa shape index (κ1) is 18.9. The Morgan fingerprint density at radius 2 is 2.17 bits per heavy atom. The molecule has 0 saturated carbocycles. The number of carboxylic acids is 1. The van der Waals surface area contributed by atoms with Crippen LogP contribution in [0.25, 0.3) is 0 Å². The molecule has 1 aliphatic rings. The highest BCUT2D eigenvalue weighted by Gasteiger charge is 2.33. The zero-order valence-electron chi connectivity index (χ0n) is 13.5. The van der Waals surface area contributed by atoms with Crippen molar-refractivity contribution in [3.63, 3.8) is 0 Å². The van der Waals surface area contributed by atoms with E-state index in [9.17, 15) is 18.0 Å². The summed E-state index contributed by atoms with van der Waals surface area (Å²) in [7, 11) is -3.55. The fourth-order valence-electron chi connectivity index (χ4n) is 2.65. The third kappa shape index (κ3) is 4.78. The van der Waals surface area contributed by atoms with E-state index in [4.69, 9.17) is 5.11 Å². The van der Waals surface area contributed by atoms with Gasteiger partial charge in [0.25, 0.3) is 10.0 Å². The summed E-state index contributed by atoms with van der Waals surface area (Å²) in [5, 5.41) is 11.3. The van der Waals surface area contributed by atoms with Gasteiger partial charge in [0.1, 0.15) is 4.21 Å². The van der Waals surface area contributed by atoms with Gasteiger partial charge in [-0.3, -0.25) is 9.59 Å². The minimum atomic E-state index is -3.55. The van der Waals surface area contributed by atoms with E-state index >= 15 is 0 Å². The lowest BCUT2D eigenvalue weighted by Gasteiger charge is -2.30. The second-order valence-electron chi connectivity index (χ2n) is 5.86. The number of carboxylic acid groups (broad SMARTS) is 1. The number of sulfonamides is 1. The van der Waals surface area contributed by atoms with E-state index in [2.05, 4.69) is 5.32 Å². The highest BCUT2D eigenvalue weighted by molar-refractivity contribution is 7.91. The molecule has 1 amide bonds. The predicted octanol–water partition coefficient (Wildman–Crippen LogP) is 1.44. The molecular weight excluding hydrogens is 352 g/mol. The van der Waals surface area contributed by atoms with Crippen LogP contribution in [0.4, 0.5) is 0 Å². The van der Waals surface area contributed by atoms with Crippen molar-refractivity contribution < 1.29 is 23.1 Å². The Hall–Kier alpha value is -1.45. The van der Waals surface area contributed by atoms with Crippen LogP contribution in [0.5, 0.6) is 0 Å². The third-order valence-corrected chi connectivity index (χ3v) is 7.26. The van der Waals surface area contributed by atoms with Crippen molar-refractivity contribution in [2.24, 2.45) is 5.92 Å². The van der Waals surface area contributed by atoms with Crippen LogP contribution in [-0.2, 0) is 19.6 Å². The number of hydrogen-bond acceptors (Lipinski definition) is 5. The summed E-state index contributed by atoms with van der Waals surface area (Å²) in [6, 6.07) is 3.37. The Morgan fingerprint density at radius 1 is 1.42 bits per heavy atom. The van der Waals surface area contributed by atoms with Crippen LogP contribution in [-0.4, -0.2) is 49.3 Å². The molecule has 2 N–H and O–H groups in total. The van der Waals surface area contributed by atoms with Gasteiger partial charge < -0.3 is 10.4 Å². The number of nitrogens with one attached hydrogen (secondary N) is 1. The average molecular weight is 374 g/mol. The van der Waals surface area contributed by atoms with Crippen LogP contribution in [0.3, 0.4) is 0 Å². The number of rotatable bonds is 7. The molecule has 0 bridgehead atoms. The summed E-state index contributed by atoms with van der Waals surface area (Å²) >= 11 is 1.23. The number of carbonyl (C=O) groups is 2. The quantitative estimate of drug-likeness (QED) is 0.703. The first-order valence-electron chi connectivity index (χ1n) is 7.87. The molecule has 1 aromatic heterocycles. The number of carbonyl (C=O) groups excluding carboxylic acids is 1. The number of hydrogen-bond donors (Lipinski definition) is 2. The first-order valence-corrected chi connectivity index (χ1v) is 10.1. The Bertz CT molecular complexity index is 698. The molecular formula is C15H22N2O5S2. The van der Waals surface area contributed by atoms with Crippen LogP contribution in [0.2, 0.25) is 0 Å². The predicted molar refractivity (Wildman–Crippen MR) is 90.4 cm³/mol. The van der Waals surface area contributed by atoms with Crippen molar-refractivity contribution in [2.75, 3.05) is 19.6 Å². The summed E-state index contributed by atoms with van der Waals surface area (Å²) in [5.41, 5.74) is 0. The SMILES string of the molecule is Cc1ccc(S(=O)(=O)N2CCCC(C(=O)NCCCC(=O)O)C2)s1. The topological polar surface area (TPSA) is 104 Å². The molecule has 1 atom stereocenters. The van der Waals surface area contributed by atoms with Crippen molar-refractivity contribution in [3.05, 3.63) is 17.0 Å². The zero-order valence-corrected chi connectivity index (χ0v) is 15.2. The lowest BCUT2D eigenvalue weighted by atomic mass is 9.99. The molecule has 0 aromatic carbocycles. The van der Waals surface area contributed by atoms with Crippen molar-refractivity contribution in [1.82, 2.24) is 9.62 Å². The van der Waals surface area contributed by atoms with Crippen molar-refractivity contribution in [1.29, 1.82) is 0 Å². The number of nitrogens with zero attached hydrogens (tertiary/aromatic N) is 1. The van der Waals surface area contributed by atoms with Gasteiger partial charge in [0.2, 0.25) is 5.91 Å². The van der Waals surface area contributed by atoms with Gasteiger partial charge >= 0.3 is 5.97 Å². The maximum atomic E-state index is 12.6. The van der Waals surface area contributed by atoms with E-state index in [1.807, 2.05) is 6.92 Å².